The Morgan fingerprint density at radius 1 is 1.11 bits per heavy atom. The zero-order chi connectivity index (χ0) is 19.1. The second-order valence-corrected chi connectivity index (χ2v) is 7.02. The molecule has 0 spiro atoms. The topological polar surface area (TPSA) is 60.5 Å². The summed E-state index contributed by atoms with van der Waals surface area (Å²) in [6.45, 7) is 0.462. The molecule has 0 aliphatic rings. The highest BCUT2D eigenvalue weighted by Gasteiger charge is 2.08. The first kappa shape index (κ1) is 19.2. The number of carbonyl (C=O) groups is 1. The highest BCUT2D eigenvalue weighted by molar-refractivity contribution is 7.14. The maximum atomic E-state index is 12.1. The highest BCUT2D eigenvalue weighted by atomic mass is 35.5. The molecule has 0 unspecified atom stereocenters. The molecule has 0 bridgehead atoms. The molecule has 1 N–H and O–H groups in total. The Kier molecular flexibility index (Phi) is 6.68. The van der Waals surface area contributed by atoms with Gasteiger partial charge in [-0.25, -0.2) is 4.98 Å². The van der Waals surface area contributed by atoms with Crippen molar-refractivity contribution in [1.82, 2.24) is 4.98 Å². The molecule has 0 fully saturated rings. The quantitative estimate of drug-likeness (QED) is 0.521. The van der Waals surface area contributed by atoms with Crippen LogP contribution in [0.1, 0.15) is 12.8 Å². The Hall–Kier alpha value is -2.57. The summed E-state index contributed by atoms with van der Waals surface area (Å²) in [4.78, 5) is 16.5. The van der Waals surface area contributed by atoms with Crippen LogP contribution in [-0.2, 0) is 4.79 Å². The molecular formula is C20H19ClN2O3S. The van der Waals surface area contributed by atoms with Crippen LogP contribution < -0.4 is 14.8 Å². The van der Waals surface area contributed by atoms with E-state index in [1.54, 1.807) is 31.4 Å². The second-order valence-electron chi connectivity index (χ2n) is 5.72. The van der Waals surface area contributed by atoms with Gasteiger partial charge in [-0.15, -0.1) is 11.3 Å². The molecule has 1 aromatic heterocycles. The predicted molar refractivity (Wildman–Crippen MR) is 109 cm³/mol. The molecule has 140 valence electrons. The number of carbonyl (C=O) groups excluding carboxylic acids is 1. The van der Waals surface area contributed by atoms with Crippen molar-refractivity contribution in [2.45, 2.75) is 12.8 Å². The van der Waals surface area contributed by atoms with Crippen LogP contribution in [0.4, 0.5) is 5.13 Å². The number of thiazole rings is 1. The fraction of sp³-hybridized carbons (Fsp3) is 0.200. The van der Waals surface area contributed by atoms with Crippen molar-refractivity contribution in [3.05, 3.63) is 58.9 Å². The molecule has 27 heavy (non-hydrogen) atoms. The molecule has 0 saturated heterocycles. The van der Waals surface area contributed by atoms with Gasteiger partial charge in [0.05, 0.1) is 19.4 Å². The molecule has 1 heterocycles. The number of amides is 1. The molecular weight excluding hydrogens is 384 g/mol. The van der Waals surface area contributed by atoms with Gasteiger partial charge in [0.25, 0.3) is 0 Å². The fourth-order valence-corrected chi connectivity index (χ4v) is 3.22. The molecule has 3 rings (SSSR count). The molecule has 0 atom stereocenters. The van der Waals surface area contributed by atoms with Crippen LogP contribution in [0.5, 0.6) is 11.5 Å². The van der Waals surface area contributed by atoms with Crippen LogP contribution in [0.3, 0.4) is 0 Å². The molecule has 2 aromatic carbocycles. The van der Waals surface area contributed by atoms with Crippen molar-refractivity contribution in [2.75, 3.05) is 19.0 Å². The normalized spacial score (nSPS) is 10.4. The first-order valence-electron chi connectivity index (χ1n) is 8.42. The largest absolute Gasteiger partial charge is 0.497 e. The van der Waals surface area contributed by atoms with E-state index >= 15 is 0 Å². The van der Waals surface area contributed by atoms with Crippen LogP contribution in [0.15, 0.2) is 53.9 Å². The van der Waals surface area contributed by atoms with Crippen molar-refractivity contribution in [1.29, 1.82) is 0 Å². The number of hydrogen-bond acceptors (Lipinski definition) is 5. The lowest BCUT2D eigenvalue weighted by atomic mass is 10.2. The molecule has 5 nitrogen and oxygen atoms in total. The summed E-state index contributed by atoms with van der Waals surface area (Å²) in [5, 5.41) is 6.00. The van der Waals surface area contributed by atoms with Crippen molar-refractivity contribution in [2.24, 2.45) is 0 Å². The van der Waals surface area contributed by atoms with E-state index in [1.165, 1.54) is 11.3 Å². The van der Waals surface area contributed by atoms with Crippen LogP contribution in [0.2, 0.25) is 5.02 Å². The van der Waals surface area contributed by atoms with Gasteiger partial charge in [-0.3, -0.25) is 4.79 Å². The summed E-state index contributed by atoms with van der Waals surface area (Å²) in [6, 6.07) is 14.8. The smallest absolute Gasteiger partial charge is 0.226 e. The zero-order valence-corrected chi connectivity index (χ0v) is 16.3. The monoisotopic (exact) mass is 402 g/mol. The lowest BCUT2D eigenvalue weighted by molar-refractivity contribution is -0.116. The maximum Gasteiger partial charge on any atom is 0.226 e. The first-order chi connectivity index (χ1) is 13.1. The summed E-state index contributed by atoms with van der Waals surface area (Å²) in [7, 11) is 1.63. The minimum absolute atomic E-state index is 0.0784. The summed E-state index contributed by atoms with van der Waals surface area (Å²) in [5.41, 5.74) is 1.80. The van der Waals surface area contributed by atoms with Crippen LogP contribution in [0.25, 0.3) is 11.3 Å². The number of aromatic nitrogens is 1. The van der Waals surface area contributed by atoms with Gasteiger partial charge in [0.1, 0.15) is 11.5 Å². The minimum Gasteiger partial charge on any atom is -0.497 e. The number of benzene rings is 2. The third kappa shape index (κ3) is 5.70. The average molecular weight is 403 g/mol. The number of nitrogens with one attached hydrogen (secondary N) is 1. The Labute approximate surface area is 166 Å². The van der Waals surface area contributed by atoms with Crippen LogP contribution >= 0.6 is 22.9 Å². The van der Waals surface area contributed by atoms with Gasteiger partial charge in [-0.05, 0) is 55.0 Å². The van der Waals surface area contributed by atoms with Crippen molar-refractivity contribution < 1.29 is 14.3 Å². The number of halogens is 1. The number of nitrogens with zero attached hydrogens (tertiary/aromatic N) is 1. The number of anilines is 1. The molecule has 0 aliphatic heterocycles. The van der Waals surface area contributed by atoms with Crippen molar-refractivity contribution in [3.8, 4) is 22.8 Å². The third-order valence-electron chi connectivity index (χ3n) is 3.77. The zero-order valence-electron chi connectivity index (χ0n) is 14.8. The van der Waals surface area contributed by atoms with Gasteiger partial charge in [0, 0.05) is 22.4 Å². The van der Waals surface area contributed by atoms with Gasteiger partial charge in [0.15, 0.2) is 5.13 Å². The summed E-state index contributed by atoms with van der Waals surface area (Å²) < 4.78 is 10.7. The lowest BCUT2D eigenvalue weighted by Gasteiger charge is -2.06. The maximum absolute atomic E-state index is 12.1. The van der Waals surface area contributed by atoms with Gasteiger partial charge < -0.3 is 14.8 Å². The van der Waals surface area contributed by atoms with Crippen LogP contribution in [-0.4, -0.2) is 24.6 Å². The van der Waals surface area contributed by atoms with E-state index in [4.69, 9.17) is 21.1 Å². The van der Waals surface area contributed by atoms with Gasteiger partial charge in [-0.2, -0.15) is 0 Å². The fourth-order valence-electron chi connectivity index (χ4n) is 2.36. The van der Waals surface area contributed by atoms with Crippen LogP contribution in [0, 0.1) is 0 Å². The standard InChI is InChI=1S/C20H19ClN2O3S/c1-25-16-8-4-14(5-9-16)18-13-27-20(22-18)23-19(24)3-2-12-26-17-10-6-15(21)7-11-17/h4-11,13H,2-3,12H2,1H3,(H,22,23,24). The van der Waals surface area contributed by atoms with E-state index in [9.17, 15) is 4.79 Å². The number of rotatable bonds is 8. The van der Waals surface area contributed by atoms with Crippen molar-refractivity contribution >= 4 is 34.0 Å². The molecule has 0 aliphatic carbocycles. The van der Waals surface area contributed by atoms with E-state index in [-0.39, 0.29) is 5.91 Å². The first-order valence-corrected chi connectivity index (χ1v) is 9.68. The molecule has 7 heteroatoms. The van der Waals surface area contributed by atoms with E-state index in [0.29, 0.717) is 29.6 Å². The third-order valence-corrected chi connectivity index (χ3v) is 4.78. The van der Waals surface area contributed by atoms with Gasteiger partial charge >= 0.3 is 0 Å². The van der Waals surface area contributed by atoms with E-state index in [0.717, 1.165) is 22.8 Å². The summed E-state index contributed by atoms with van der Waals surface area (Å²) in [5.74, 6) is 1.46. The Balaban J connectivity index is 1.44. The number of hydrogen-bond donors (Lipinski definition) is 1. The molecule has 3 aromatic rings. The Morgan fingerprint density at radius 3 is 2.52 bits per heavy atom. The van der Waals surface area contributed by atoms with E-state index in [2.05, 4.69) is 10.3 Å². The Morgan fingerprint density at radius 2 is 1.81 bits per heavy atom. The second kappa shape index (κ2) is 9.39. The summed E-state index contributed by atoms with van der Waals surface area (Å²) >= 11 is 7.23. The summed E-state index contributed by atoms with van der Waals surface area (Å²) in [6.07, 6.45) is 0.982. The molecule has 0 saturated carbocycles. The van der Waals surface area contributed by atoms with Gasteiger partial charge in [-0.1, -0.05) is 11.6 Å². The SMILES string of the molecule is COc1ccc(-c2csc(NC(=O)CCCOc3ccc(Cl)cc3)n2)cc1. The van der Waals surface area contributed by atoms with Gasteiger partial charge in [0.2, 0.25) is 5.91 Å². The molecule has 1 amide bonds. The van der Waals surface area contributed by atoms with Crippen molar-refractivity contribution in [3.63, 3.8) is 0 Å². The predicted octanol–water partition coefficient (Wildman–Crippen LogP) is 5.27. The number of ether oxygens (including phenoxy) is 2. The highest BCUT2D eigenvalue weighted by Crippen LogP contribution is 2.26. The lowest BCUT2D eigenvalue weighted by Crippen LogP contribution is -2.12. The Bertz CT molecular complexity index is 879. The number of methoxy groups -OCH3 is 1. The van der Waals surface area contributed by atoms with E-state index in [1.807, 2.05) is 29.6 Å². The minimum atomic E-state index is -0.0784. The molecule has 0 radical (unpaired) electrons. The van der Waals surface area contributed by atoms with E-state index < -0.39 is 0 Å². The average Bonchev–Trinajstić information content (AvgIpc) is 3.15.